The van der Waals surface area contributed by atoms with Crippen molar-refractivity contribution in [1.82, 2.24) is 20.4 Å². The number of rotatable bonds is 2. The summed E-state index contributed by atoms with van der Waals surface area (Å²) in [7, 11) is 0. The highest BCUT2D eigenvalue weighted by Gasteiger charge is 2.29. The van der Waals surface area contributed by atoms with Crippen molar-refractivity contribution in [3.63, 3.8) is 0 Å². The average Bonchev–Trinajstić information content (AvgIpc) is 2.97. The minimum Gasteiger partial charge on any atom is -0.337 e. The van der Waals surface area contributed by atoms with Crippen LogP contribution in [-0.4, -0.2) is 21.7 Å². The molecule has 1 N–H and O–H groups in total. The number of hydrogen-bond donors (Lipinski definition) is 1. The second-order valence-electron chi connectivity index (χ2n) is 4.64. The van der Waals surface area contributed by atoms with E-state index < -0.39 is 0 Å². The van der Waals surface area contributed by atoms with Crippen LogP contribution < -0.4 is 5.32 Å². The van der Waals surface area contributed by atoms with E-state index >= 15 is 0 Å². The third-order valence-electron chi connectivity index (χ3n) is 3.26. The maximum absolute atomic E-state index is 6.08. The van der Waals surface area contributed by atoms with Crippen LogP contribution in [0.4, 0.5) is 0 Å². The molecule has 0 aliphatic carbocycles. The topological polar surface area (TPSA) is 63.8 Å². The van der Waals surface area contributed by atoms with E-state index in [0.29, 0.717) is 33.4 Å². The van der Waals surface area contributed by atoms with Crippen LogP contribution in [-0.2, 0) is 0 Å². The summed E-state index contributed by atoms with van der Waals surface area (Å²) in [6.45, 7) is 3.12. The van der Waals surface area contributed by atoms with Crippen molar-refractivity contribution >= 4 is 23.2 Å². The van der Waals surface area contributed by atoms with E-state index in [1.165, 1.54) is 6.20 Å². The molecule has 2 atom stereocenters. The highest BCUT2D eigenvalue weighted by molar-refractivity contribution is 6.35. The molecule has 2 aromatic rings. The molecule has 3 rings (SSSR count). The second kappa shape index (κ2) is 5.07. The van der Waals surface area contributed by atoms with Gasteiger partial charge in [0.1, 0.15) is 5.69 Å². The van der Waals surface area contributed by atoms with Crippen molar-refractivity contribution in [1.29, 1.82) is 0 Å². The predicted octanol–water partition coefficient (Wildman–Crippen LogP) is 3.11. The average molecular weight is 299 g/mol. The fourth-order valence-corrected chi connectivity index (χ4v) is 2.67. The SMILES string of the molecule is CC1CCNC1c1nc(-c2ncc(Cl)cc2Cl)no1. The van der Waals surface area contributed by atoms with Crippen molar-refractivity contribution in [3.8, 4) is 11.5 Å². The van der Waals surface area contributed by atoms with E-state index in [0.717, 1.165) is 13.0 Å². The van der Waals surface area contributed by atoms with Crippen molar-refractivity contribution in [2.45, 2.75) is 19.4 Å². The molecule has 0 radical (unpaired) electrons. The van der Waals surface area contributed by atoms with E-state index in [9.17, 15) is 0 Å². The first-order valence-corrected chi connectivity index (χ1v) is 6.79. The Balaban J connectivity index is 1.92. The first-order chi connectivity index (χ1) is 9.15. The molecular weight excluding hydrogens is 287 g/mol. The van der Waals surface area contributed by atoms with Gasteiger partial charge in [-0.05, 0) is 24.9 Å². The molecule has 0 amide bonds. The monoisotopic (exact) mass is 298 g/mol. The summed E-state index contributed by atoms with van der Waals surface area (Å²) in [5.41, 5.74) is 0.478. The van der Waals surface area contributed by atoms with E-state index in [2.05, 4.69) is 27.4 Å². The molecule has 0 aromatic carbocycles. The molecule has 1 fully saturated rings. The molecule has 7 heteroatoms. The Morgan fingerprint density at radius 2 is 2.26 bits per heavy atom. The molecule has 1 saturated heterocycles. The van der Waals surface area contributed by atoms with Crippen LogP contribution >= 0.6 is 23.2 Å². The predicted molar refractivity (Wildman–Crippen MR) is 72.1 cm³/mol. The van der Waals surface area contributed by atoms with Crippen molar-refractivity contribution in [2.24, 2.45) is 5.92 Å². The lowest BCUT2D eigenvalue weighted by Gasteiger charge is -2.09. The van der Waals surface area contributed by atoms with Gasteiger partial charge in [0, 0.05) is 6.20 Å². The van der Waals surface area contributed by atoms with E-state index in [-0.39, 0.29) is 6.04 Å². The quantitative estimate of drug-likeness (QED) is 0.923. The van der Waals surface area contributed by atoms with Crippen LogP contribution in [0.1, 0.15) is 25.3 Å². The first-order valence-electron chi connectivity index (χ1n) is 6.03. The van der Waals surface area contributed by atoms with Gasteiger partial charge in [-0.2, -0.15) is 4.98 Å². The zero-order chi connectivity index (χ0) is 13.4. The maximum Gasteiger partial charge on any atom is 0.244 e. The van der Waals surface area contributed by atoms with Crippen molar-refractivity contribution in [2.75, 3.05) is 6.54 Å². The summed E-state index contributed by atoms with van der Waals surface area (Å²) < 4.78 is 5.30. The Bertz CT molecular complexity index is 601. The Morgan fingerprint density at radius 3 is 2.95 bits per heavy atom. The maximum atomic E-state index is 6.08. The lowest BCUT2D eigenvalue weighted by molar-refractivity contribution is 0.319. The molecule has 0 bridgehead atoms. The molecule has 3 heterocycles. The van der Waals surface area contributed by atoms with Crippen molar-refractivity contribution < 1.29 is 4.52 Å². The molecule has 5 nitrogen and oxygen atoms in total. The normalized spacial score (nSPS) is 22.9. The number of halogens is 2. The van der Waals surface area contributed by atoms with Gasteiger partial charge in [-0.3, -0.25) is 0 Å². The van der Waals surface area contributed by atoms with Crippen LogP contribution in [0.25, 0.3) is 11.5 Å². The summed E-state index contributed by atoms with van der Waals surface area (Å²) in [5.74, 6) is 1.44. The Hall–Kier alpha value is -1.17. The summed E-state index contributed by atoms with van der Waals surface area (Å²) in [6.07, 6.45) is 2.61. The van der Waals surface area contributed by atoms with Gasteiger partial charge in [0.05, 0.1) is 16.1 Å². The standard InChI is InChI=1S/C12H12Cl2N4O/c1-6-2-3-15-9(6)12-17-11(18-19-12)10-8(14)4-7(13)5-16-10/h4-6,9,15H,2-3H2,1H3. The van der Waals surface area contributed by atoms with Crippen molar-refractivity contribution in [3.05, 3.63) is 28.2 Å². The highest BCUT2D eigenvalue weighted by Crippen LogP contribution is 2.30. The summed E-state index contributed by atoms with van der Waals surface area (Å²) >= 11 is 11.9. The molecule has 0 saturated carbocycles. The second-order valence-corrected chi connectivity index (χ2v) is 5.48. The molecule has 0 spiro atoms. The minimum absolute atomic E-state index is 0.104. The van der Waals surface area contributed by atoms with Gasteiger partial charge in [0.15, 0.2) is 0 Å². The number of nitrogens with zero attached hydrogens (tertiary/aromatic N) is 3. The van der Waals surface area contributed by atoms with Crippen LogP contribution in [0.15, 0.2) is 16.8 Å². The van der Waals surface area contributed by atoms with Crippen LogP contribution in [0.2, 0.25) is 10.0 Å². The van der Waals surface area contributed by atoms with E-state index in [1.807, 2.05) is 0 Å². The molecule has 1 aliphatic heterocycles. The van der Waals surface area contributed by atoms with Gasteiger partial charge in [0.2, 0.25) is 11.7 Å². The largest absolute Gasteiger partial charge is 0.337 e. The third kappa shape index (κ3) is 2.45. The number of pyridine rings is 1. The van der Waals surface area contributed by atoms with Gasteiger partial charge in [-0.25, -0.2) is 4.98 Å². The van der Waals surface area contributed by atoms with Crippen LogP contribution in [0.5, 0.6) is 0 Å². The van der Waals surface area contributed by atoms with Gasteiger partial charge in [-0.1, -0.05) is 35.3 Å². The molecule has 19 heavy (non-hydrogen) atoms. The number of nitrogens with one attached hydrogen (secondary N) is 1. The molecule has 2 aromatic heterocycles. The minimum atomic E-state index is 0.104. The van der Waals surface area contributed by atoms with E-state index in [1.54, 1.807) is 6.07 Å². The summed E-state index contributed by atoms with van der Waals surface area (Å²) in [5, 5.41) is 8.17. The summed E-state index contributed by atoms with van der Waals surface area (Å²) in [6, 6.07) is 1.71. The van der Waals surface area contributed by atoms with Crippen LogP contribution in [0.3, 0.4) is 0 Å². The van der Waals surface area contributed by atoms with Gasteiger partial charge >= 0.3 is 0 Å². The Labute approximate surface area is 120 Å². The smallest absolute Gasteiger partial charge is 0.244 e. The van der Waals surface area contributed by atoms with Gasteiger partial charge < -0.3 is 9.84 Å². The number of hydrogen-bond acceptors (Lipinski definition) is 5. The molecular formula is C12H12Cl2N4O. The summed E-state index contributed by atoms with van der Waals surface area (Å²) in [4.78, 5) is 8.51. The Morgan fingerprint density at radius 1 is 1.42 bits per heavy atom. The first kappa shape index (κ1) is 12.8. The lowest BCUT2D eigenvalue weighted by atomic mass is 10.0. The lowest BCUT2D eigenvalue weighted by Crippen LogP contribution is -2.16. The molecule has 1 aliphatic rings. The zero-order valence-electron chi connectivity index (χ0n) is 10.2. The van der Waals surface area contributed by atoms with Gasteiger partial charge in [-0.15, -0.1) is 0 Å². The third-order valence-corrected chi connectivity index (χ3v) is 3.76. The number of aromatic nitrogens is 3. The highest BCUT2D eigenvalue weighted by atomic mass is 35.5. The molecule has 100 valence electrons. The van der Waals surface area contributed by atoms with Gasteiger partial charge in [0.25, 0.3) is 0 Å². The fourth-order valence-electron chi connectivity index (χ4n) is 2.20. The van der Waals surface area contributed by atoms with E-state index in [4.69, 9.17) is 27.7 Å². The Kier molecular flexibility index (Phi) is 3.43. The molecule has 2 unspecified atom stereocenters. The fraction of sp³-hybridized carbons (Fsp3) is 0.417. The van der Waals surface area contributed by atoms with Crippen LogP contribution in [0, 0.1) is 5.92 Å². The zero-order valence-corrected chi connectivity index (χ0v) is 11.7.